The van der Waals surface area contributed by atoms with Crippen LogP contribution >= 0.6 is 0 Å². The van der Waals surface area contributed by atoms with E-state index in [0.717, 1.165) is 0 Å². The Bertz CT molecular complexity index is 603. The van der Waals surface area contributed by atoms with Crippen LogP contribution in [0.1, 0.15) is 13.3 Å². The first-order chi connectivity index (χ1) is 14.1. The summed E-state index contributed by atoms with van der Waals surface area (Å²) >= 11 is 0. The molecule has 12 nitrogen and oxygen atoms in total. The quantitative estimate of drug-likeness (QED) is 0.340. The molecule has 1 aliphatic rings. The van der Waals surface area contributed by atoms with Gasteiger partial charge in [-0.25, -0.2) is 0 Å². The van der Waals surface area contributed by atoms with E-state index in [4.69, 9.17) is 0 Å². The molecule has 1 unspecified atom stereocenters. The van der Waals surface area contributed by atoms with E-state index in [0.29, 0.717) is 6.42 Å². The Morgan fingerprint density at radius 2 is 1.00 bits per heavy atom. The number of hydrogen-bond donors (Lipinski definition) is 0. The summed E-state index contributed by atoms with van der Waals surface area (Å²) in [4.78, 5) is 50.8. The standard InChI is InChI=1S/C18H32N4O8/c1-2-14-9-21(12-17(27)28)6-5-19(10-15(23)24)3-4-20(11-16(25)26)7-8-22(14)13-18(29)30/h14H,2-13H2,1H3,(H,23,24)(H,25,26)(H,27,28)(H,29,30)/p-4. The van der Waals surface area contributed by atoms with Gasteiger partial charge < -0.3 is 39.6 Å². The first-order valence-electron chi connectivity index (χ1n) is 9.81. The fourth-order valence-corrected chi connectivity index (χ4v) is 3.52. The lowest BCUT2D eigenvalue weighted by Gasteiger charge is -2.39. The van der Waals surface area contributed by atoms with Crippen LogP contribution in [0.5, 0.6) is 0 Å². The van der Waals surface area contributed by atoms with Gasteiger partial charge in [-0.1, -0.05) is 6.92 Å². The Morgan fingerprint density at radius 3 is 1.40 bits per heavy atom. The van der Waals surface area contributed by atoms with Crippen molar-refractivity contribution in [2.24, 2.45) is 0 Å². The largest absolute Gasteiger partial charge is 0.549 e. The Morgan fingerprint density at radius 1 is 0.633 bits per heavy atom. The van der Waals surface area contributed by atoms with Crippen LogP contribution in [-0.2, 0) is 19.2 Å². The second-order valence-corrected chi connectivity index (χ2v) is 7.31. The van der Waals surface area contributed by atoms with Gasteiger partial charge in [-0.3, -0.25) is 19.6 Å². The Hall–Kier alpha value is -2.28. The minimum absolute atomic E-state index is 0.206. The Kier molecular flexibility index (Phi) is 11.3. The van der Waals surface area contributed by atoms with E-state index in [2.05, 4.69) is 0 Å². The van der Waals surface area contributed by atoms with Crippen molar-refractivity contribution in [3.63, 3.8) is 0 Å². The van der Waals surface area contributed by atoms with Crippen LogP contribution in [0.3, 0.4) is 0 Å². The summed E-state index contributed by atoms with van der Waals surface area (Å²) in [5, 5.41) is 44.5. The smallest absolute Gasteiger partial charge is 0.0555 e. The number of carboxylic acids is 4. The van der Waals surface area contributed by atoms with E-state index >= 15 is 0 Å². The molecule has 0 spiro atoms. The molecule has 0 aromatic heterocycles. The molecule has 12 heteroatoms. The monoisotopic (exact) mass is 428 g/mol. The number of rotatable bonds is 9. The second-order valence-electron chi connectivity index (χ2n) is 7.31. The van der Waals surface area contributed by atoms with Crippen LogP contribution in [-0.4, -0.2) is 122 Å². The number of hydrogen-bond acceptors (Lipinski definition) is 12. The fourth-order valence-electron chi connectivity index (χ4n) is 3.52. The summed E-state index contributed by atoms with van der Waals surface area (Å²) in [6.45, 7) is 1.76. The van der Waals surface area contributed by atoms with Crippen molar-refractivity contribution in [2.75, 3.05) is 72.0 Å². The maximum absolute atomic E-state index is 11.2. The molecule has 1 atom stereocenters. The van der Waals surface area contributed by atoms with Crippen LogP contribution in [0, 0.1) is 0 Å². The fraction of sp³-hybridized carbons (Fsp3) is 0.778. The van der Waals surface area contributed by atoms with Gasteiger partial charge in [-0.05, 0) is 6.42 Å². The number of aliphatic carboxylic acids is 4. The average molecular weight is 428 g/mol. The van der Waals surface area contributed by atoms with E-state index in [1.54, 1.807) is 19.6 Å². The summed E-state index contributed by atoms with van der Waals surface area (Å²) in [5.41, 5.74) is 0. The van der Waals surface area contributed by atoms with Gasteiger partial charge in [0, 0.05) is 78.0 Å². The van der Waals surface area contributed by atoms with E-state index < -0.39 is 23.9 Å². The molecule has 0 saturated carbocycles. The zero-order chi connectivity index (χ0) is 22.7. The van der Waals surface area contributed by atoms with Crippen LogP contribution in [0.2, 0.25) is 0 Å². The molecule has 0 bridgehead atoms. The number of carbonyl (C=O) groups is 4. The van der Waals surface area contributed by atoms with Crippen molar-refractivity contribution in [3.05, 3.63) is 0 Å². The highest BCUT2D eigenvalue weighted by molar-refractivity contribution is 5.68. The summed E-state index contributed by atoms with van der Waals surface area (Å²) < 4.78 is 0. The van der Waals surface area contributed by atoms with Gasteiger partial charge in [-0.2, -0.15) is 0 Å². The summed E-state index contributed by atoms with van der Waals surface area (Å²) in [5.74, 6) is -5.19. The zero-order valence-corrected chi connectivity index (χ0v) is 17.1. The molecule has 1 heterocycles. The van der Waals surface area contributed by atoms with Crippen molar-refractivity contribution in [2.45, 2.75) is 19.4 Å². The third-order valence-corrected chi connectivity index (χ3v) is 5.02. The second kappa shape index (κ2) is 13.1. The average Bonchev–Trinajstić information content (AvgIpc) is 2.61. The SMILES string of the molecule is CCC1CN(CC(=O)[O-])CCN(CC(=O)[O-])CCN(CC(=O)[O-])CCN1CC(=O)[O-]. The highest BCUT2D eigenvalue weighted by atomic mass is 16.4. The molecule has 0 aromatic carbocycles. The van der Waals surface area contributed by atoms with Crippen molar-refractivity contribution in [1.82, 2.24) is 19.6 Å². The molecule has 0 aromatic rings. The predicted octanol–water partition coefficient (Wildman–Crippen LogP) is -7.01. The van der Waals surface area contributed by atoms with Crippen molar-refractivity contribution in [1.29, 1.82) is 0 Å². The van der Waals surface area contributed by atoms with Gasteiger partial charge in [0.15, 0.2) is 0 Å². The molecule has 1 aliphatic heterocycles. The lowest BCUT2D eigenvalue weighted by atomic mass is 10.1. The maximum Gasteiger partial charge on any atom is 0.0555 e. The Labute approximate surface area is 175 Å². The van der Waals surface area contributed by atoms with Crippen LogP contribution in [0.25, 0.3) is 0 Å². The summed E-state index contributed by atoms with van der Waals surface area (Å²) in [6, 6.07) is -0.332. The minimum Gasteiger partial charge on any atom is -0.549 e. The van der Waals surface area contributed by atoms with Crippen LogP contribution < -0.4 is 20.4 Å². The summed E-state index contributed by atoms with van der Waals surface area (Å²) in [6.07, 6.45) is 0.514. The van der Waals surface area contributed by atoms with Crippen LogP contribution in [0.15, 0.2) is 0 Å². The van der Waals surface area contributed by atoms with Crippen molar-refractivity contribution < 1.29 is 39.6 Å². The third kappa shape index (κ3) is 10.5. The van der Waals surface area contributed by atoms with Gasteiger partial charge in [0.05, 0.1) is 23.9 Å². The van der Waals surface area contributed by atoms with Crippen molar-refractivity contribution in [3.8, 4) is 0 Å². The first-order valence-corrected chi connectivity index (χ1v) is 9.81. The van der Waals surface area contributed by atoms with Crippen molar-refractivity contribution >= 4 is 23.9 Å². The molecule has 0 N–H and O–H groups in total. The normalized spacial score (nSPS) is 21.4. The number of carboxylic acid groups (broad SMARTS) is 4. The molecule has 30 heavy (non-hydrogen) atoms. The molecule has 0 amide bonds. The molecule has 1 rings (SSSR count). The van der Waals surface area contributed by atoms with Gasteiger partial charge >= 0.3 is 0 Å². The zero-order valence-electron chi connectivity index (χ0n) is 17.1. The number of nitrogens with zero attached hydrogens (tertiary/aromatic N) is 4. The van der Waals surface area contributed by atoms with E-state index in [9.17, 15) is 39.6 Å². The molecule has 0 aliphatic carbocycles. The maximum atomic E-state index is 11.2. The molecule has 1 saturated heterocycles. The van der Waals surface area contributed by atoms with Gasteiger partial charge in [-0.15, -0.1) is 0 Å². The third-order valence-electron chi connectivity index (χ3n) is 5.02. The minimum atomic E-state index is -1.30. The Balaban J connectivity index is 3.09. The topological polar surface area (TPSA) is 173 Å². The lowest BCUT2D eigenvalue weighted by Crippen LogP contribution is -2.55. The predicted molar refractivity (Wildman–Crippen MR) is 95.0 cm³/mol. The van der Waals surface area contributed by atoms with E-state index in [-0.39, 0.29) is 78.0 Å². The van der Waals surface area contributed by atoms with Gasteiger partial charge in [0.2, 0.25) is 0 Å². The molecular formula is C18H28N4O8-4. The molecule has 1 fully saturated rings. The lowest BCUT2D eigenvalue weighted by molar-refractivity contribution is -0.309. The highest BCUT2D eigenvalue weighted by Crippen LogP contribution is 2.09. The van der Waals surface area contributed by atoms with E-state index in [1.807, 2.05) is 6.92 Å². The van der Waals surface area contributed by atoms with Gasteiger partial charge in [0.25, 0.3) is 0 Å². The summed E-state index contributed by atoms with van der Waals surface area (Å²) in [7, 11) is 0. The first kappa shape index (κ1) is 25.8. The highest BCUT2D eigenvalue weighted by Gasteiger charge is 2.23. The molecule has 0 radical (unpaired) electrons. The molecular weight excluding hydrogens is 400 g/mol. The number of carbonyl (C=O) groups excluding carboxylic acids is 4. The van der Waals surface area contributed by atoms with E-state index in [1.165, 1.54) is 0 Å². The van der Waals surface area contributed by atoms with Gasteiger partial charge in [0.1, 0.15) is 0 Å². The molecule has 172 valence electrons. The van der Waals surface area contributed by atoms with Crippen LogP contribution in [0.4, 0.5) is 0 Å².